The van der Waals surface area contributed by atoms with Crippen LogP contribution in [0.3, 0.4) is 0 Å². The molecule has 0 aliphatic rings. The smallest absolute Gasteiger partial charge is 0.180 e. The van der Waals surface area contributed by atoms with Crippen LogP contribution >= 0.6 is 0 Å². The van der Waals surface area contributed by atoms with E-state index >= 15 is 0 Å². The zero-order valence-corrected chi connectivity index (χ0v) is 11.9. The van der Waals surface area contributed by atoms with Crippen LogP contribution < -0.4 is 4.90 Å². The molecule has 0 aliphatic carbocycles. The van der Waals surface area contributed by atoms with Crippen molar-refractivity contribution >= 4 is 15.5 Å². The minimum Gasteiger partial charge on any atom is -0.393 e. The number of sulfone groups is 1. The largest absolute Gasteiger partial charge is 0.393 e. The van der Waals surface area contributed by atoms with Crippen molar-refractivity contribution in [3.05, 3.63) is 24.3 Å². The normalized spacial score (nSPS) is 13.3. The second-order valence-corrected chi connectivity index (χ2v) is 6.68. The Balaban J connectivity index is 3.02. The van der Waals surface area contributed by atoms with Gasteiger partial charge in [0.2, 0.25) is 0 Å². The molecular weight excluding hydrogens is 250 g/mol. The summed E-state index contributed by atoms with van der Waals surface area (Å²) in [4.78, 5) is 2.23. The average molecular weight is 271 g/mol. The van der Waals surface area contributed by atoms with Gasteiger partial charge in [-0.1, -0.05) is 19.1 Å². The molecule has 1 aromatic carbocycles. The number of hydrogen-bond acceptors (Lipinski definition) is 4. The SMILES string of the molecule is CCS(=O)(=O)c1ccccc1N(C)CCC(C)O. The summed E-state index contributed by atoms with van der Waals surface area (Å²) in [6, 6.07) is 6.98. The molecule has 0 spiro atoms. The highest BCUT2D eigenvalue weighted by Crippen LogP contribution is 2.25. The summed E-state index contributed by atoms with van der Waals surface area (Å²) >= 11 is 0. The van der Waals surface area contributed by atoms with Gasteiger partial charge >= 0.3 is 0 Å². The minimum atomic E-state index is -3.22. The number of para-hydroxylation sites is 1. The van der Waals surface area contributed by atoms with Gasteiger partial charge in [0.15, 0.2) is 9.84 Å². The summed E-state index contributed by atoms with van der Waals surface area (Å²) in [5, 5.41) is 9.28. The van der Waals surface area contributed by atoms with E-state index in [4.69, 9.17) is 0 Å². The first-order valence-corrected chi connectivity index (χ1v) is 7.74. The van der Waals surface area contributed by atoms with E-state index in [-0.39, 0.29) is 11.9 Å². The van der Waals surface area contributed by atoms with Gasteiger partial charge in [-0.25, -0.2) is 8.42 Å². The van der Waals surface area contributed by atoms with Gasteiger partial charge in [-0.05, 0) is 25.5 Å². The minimum absolute atomic E-state index is 0.0915. The number of rotatable bonds is 6. The topological polar surface area (TPSA) is 57.6 Å². The molecule has 0 aromatic heterocycles. The van der Waals surface area contributed by atoms with Crippen LogP contribution in [0.2, 0.25) is 0 Å². The van der Waals surface area contributed by atoms with Crippen molar-refractivity contribution in [2.75, 3.05) is 24.2 Å². The first kappa shape index (κ1) is 15.0. The Morgan fingerprint density at radius 1 is 1.33 bits per heavy atom. The van der Waals surface area contributed by atoms with Gasteiger partial charge in [0.05, 0.1) is 22.4 Å². The highest BCUT2D eigenvalue weighted by Gasteiger charge is 2.18. The van der Waals surface area contributed by atoms with Crippen LogP contribution in [0.4, 0.5) is 5.69 Å². The third-order valence-corrected chi connectivity index (χ3v) is 4.65. The first-order valence-electron chi connectivity index (χ1n) is 6.09. The maximum atomic E-state index is 12.0. The van der Waals surface area contributed by atoms with Gasteiger partial charge in [-0.3, -0.25) is 0 Å². The molecule has 102 valence electrons. The monoisotopic (exact) mass is 271 g/mol. The Morgan fingerprint density at radius 3 is 2.50 bits per heavy atom. The Morgan fingerprint density at radius 2 is 1.94 bits per heavy atom. The first-order chi connectivity index (χ1) is 8.38. The lowest BCUT2D eigenvalue weighted by molar-refractivity contribution is 0.187. The van der Waals surface area contributed by atoms with Gasteiger partial charge < -0.3 is 10.0 Å². The third kappa shape index (κ3) is 3.71. The van der Waals surface area contributed by atoms with Crippen LogP contribution in [-0.2, 0) is 9.84 Å². The predicted molar refractivity (Wildman–Crippen MR) is 73.7 cm³/mol. The van der Waals surface area contributed by atoms with Gasteiger partial charge in [0, 0.05) is 13.6 Å². The molecule has 0 amide bonds. The van der Waals surface area contributed by atoms with Crippen LogP contribution in [0.15, 0.2) is 29.2 Å². The molecular formula is C13H21NO3S. The van der Waals surface area contributed by atoms with Gasteiger partial charge in [0.1, 0.15) is 0 Å². The number of benzene rings is 1. The van der Waals surface area contributed by atoms with Crippen molar-refractivity contribution in [2.24, 2.45) is 0 Å². The van der Waals surface area contributed by atoms with Gasteiger partial charge in [-0.15, -0.1) is 0 Å². The van der Waals surface area contributed by atoms with E-state index in [1.54, 1.807) is 32.0 Å². The fourth-order valence-corrected chi connectivity index (χ4v) is 2.83. The quantitative estimate of drug-likeness (QED) is 0.855. The molecule has 0 radical (unpaired) electrons. The van der Waals surface area contributed by atoms with Crippen LogP contribution in [0, 0.1) is 0 Å². The highest BCUT2D eigenvalue weighted by molar-refractivity contribution is 7.91. The van der Waals surface area contributed by atoms with Crippen LogP contribution in [0.1, 0.15) is 20.3 Å². The second kappa shape index (κ2) is 6.20. The zero-order chi connectivity index (χ0) is 13.8. The lowest BCUT2D eigenvalue weighted by Crippen LogP contribution is -2.23. The Hall–Kier alpha value is -1.07. The number of aliphatic hydroxyl groups is 1. The summed E-state index contributed by atoms with van der Waals surface area (Å²) in [5.41, 5.74) is 0.694. The summed E-state index contributed by atoms with van der Waals surface area (Å²) in [6.07, 6.45) is 0.221. The Labute approximate surface area is 109 Å². The molecule has 1 aromatic rings. The number of hydrogen-bond donors (Lipinski definition) is 1. The molecule has 1 unspecified atom stereocenters. The molecule has 1 N–H and O–H groups in total. The predicted octanol–water partition coefficient (Wildman–Crippen LogP) is 1.69. The van der Waals surface area contributed by atoms with Gasteiger partial charge in [-0.2, -0.15) is 0 Å². The summed E-state index contributed by atoms with van der Waals surface area (Å²) < 4.78 is 24.0. The summed E-state index contributed by atoms with van der Waals surface area (Å²) in [5.74, 6) is 0.0915. The summed E-state index contributed by atoms with van der Waals surface area (Å²) in [6.45, 7) is 3.98. The summed E-state index contributed by atoms with van der Waals surface area (Å²) in [7, 11) is -1.38. The third-order valence-electron chi connectivity index (χ3n) is 2.87. The standard InChI is InChI=1S/C13H21NO3S/c1-4-18(16,17)13-8-6-5-7-12(13)14(3)10-9-11(2)15/h5-8,11,15H,4,9-10H2,1-3H3. The molecule has 0 heterocycles. The van der Waals surface area contributed by atoms with E-state index in [1.807, 2.05) is 18.0 Å². The van der Waals surface area contributed by atoms with E-state index in [0.717, 1.165) is 0 Å². The maximum absolute atomic E-state index is 12.0. The lowest BCUT2D eigenvalue weighted by Gasteiger charge is -2.22. The fourth-order valence-electron chi connectivity index (χ4n) is 1.69. The van der Waals surface area contributed by atoms with Crippen LogP contribution in [0.5, 0.6) is 0 Å². The van der Waals surface area contributed by atoms with Crippen molar-refractivity contribution in [1.29, 1.82) is 0 Å². The molecule has 0 fully saturated rings. The van der Waals surface area contributed by atoms with Crippen molar-refractivity contribution in [3.8, 4) is 0 Å². The molecule has 4 nitrogen and oxygen atoms in total. The van der Waals surface area contributed by atoms with Crippen LogP contribution in [-0.4, -0.2) is 39.0 Å². The molecule has 5 heteroatoms. The molecule has 0 saturated heterocycles. The maximum Gasteiger partial charge on any atom is 0.180 e. The molecule has 1 rings (SSSR count). The van der Waals surface area contributed by atoms with Crippen molar-refractivity contribution in [3.63, 3.8) is 0 Å². The molecule has 0 saturated carbocycles. The average Bonchev–Trinajstić information content (AvgIpc) is 2.36. The van der Waals surface area contributed by atoms with E-state index in [0.29, 0.717) is 23.5 Å². The van der Waals surface area contributed by atoms with E-state index in [1.165, 1.54) is 0 Å². The Kier molecular flexibility index (Phi) is 5.16. The van der Waals surface area contributed by atoms with E-state index < -0.39 is 9.84 Å². The number of nitrogens with zero attached hydrogens (tertiary/aromatic N) is 1. The highest BCUT2D eigenvalue weighted by atomic mass is 32.2. The van der Waals surface area contributed by atoms with Crippen molar-refractivity contribution < 1.29 is 13.5 Å². The Bertz CT molecular complexity index is 483. The second-order valence-electron chi connectivity index (χ2n) is 4.43. The number of aliphatic hydroxyl groups excluding tert-OH is 1. The molecule has 0 bridgehead atoms. The van der Waals surface area contributed by atoms with Crippen molar-refractivity contribution in [2.45, 2.75) is 31.3 Å². The van der Waals surface area contributed by atoms with E-state index in [2.05, 4.69) is 0 Å². The molecule has 18 heavy (non-hydrogen) atoms. The van der Waals surface area contributed by atoms with E-state index in [9.17, 15) is 13.5 Å². The van der Waals surface area contributed by atoms with Crippen LogP contribution in [0.25, 0.3) is 0 Å². The molecule has 0 aliphatic heterocycles. The molecule has 1 atom stereocenters. The van der Waals surface area contributed by atoms with Crippen molar-refractivity contribution in [1.82, 2.24) is 0 Å². The zero-order valence-electron chi connectivity index (χ0n) is 11.1. The van der Waals surface area contributed by atoms with Gasteiger partial charge in [0.25, 0.3) is 0 Å². The fraction of sp³-hybridized carbons (Fsp3) is 0.538. The number of anilines is 1. The lowest BCUT2D eigenvalue weighted by atomic mass is 10.2.